The van der Waals surface area contributed by atoms with Gasteiger partial charge in [0.25, 0.3) is 0 Å². The first kappa shape index (κ1) is 11.9. The van der Waals surface area contributed by atoms with Crippen molar-refractivity contribution in [1.82, 2.24) is 14.9 Å². The summed E-state index contributed by atoms with van der Waals surface area (Å²) < 4.78 is 2.17. The molecule has 0 fully saturated rings. The van der Waals surface area contributed by atoms with Gasteiger partial charge in [0.15, 0.2) is 0 Å². The summed E-state index contributed by atoms with van der Waals surface area (Å²) in [5, 5.41) is 3.24. The normalized spacial score (nSPS) is 12.6. The topological polar surface area (TPSA) is 29.9 Å². The molecule has 2 rings (SSSR count). The second kappa shape index (κ2) is 5.15. The highest BCUT2D eigenvalue weighted by molar-refractivity contribution is 5.16. The number of hydrogen-bond acceptors (Lipinski definition) is 2. The van der Waals surface area contributed by atoms with Crippen molar-refractivity contribution in [3.8, 4) is 0 Å². The predicted molar refractivity (Wildman–Crippen MR) is 70.0 cm³/mol. The van der Waals surface area contributed by atoms with Gasteiger partial charge >= 0.3 is 0 Å². The summed E-state index contributed by atoms with van der Waals surface area (Å²) in [4.78, 5) is 4.51. The number of nitrogens with zero attached hydrogens (tertiary/aromatic N) is 2. The summed E-state index contributed by atoms with van der Waals surface area (Å²) in [5.41, 5.74) is 3.47. The van der Waals surface area contributed by atoms with E-state index in [0.29, 0.717) is 6.04 Å². The number of hydrogen-bond donors (Lipinski definition) is 1. The van der Waals surface area contributed by atoms with Crippen molar-refractivity contribution in [2.45, 2.75) is 26.4 Å². The first-order valence-electron chi connectivity index (χ1n) is 5.94. The molecule has 0 amide bonds. The van der Waals surface area contributed by atoms with Crippen LogP contribution in [-0.2, 0) is 6.54 Å². The molecule has 3 nitrogen and oxygen atoms in total. The van der Waals surface area contributed by atoms with Gasteiger partial charge in [0, 0.05) is 24.1 Å². The summed E-state index contributed by atoms with van der Waals surface area (Å²) in [7, 11) is 1.98. The summed E-state index contributed by atoms with van der Waals surface area (Å²) in [6.07, 6.45) is 4.28. The minimum atomic E-state index is 0.390. The van der Waals surface area contributed by atoms with E-state index in [-0.39, 0.29) is 0 Å². The highest BCUT2D eigenvalue weighted by atomic mass is 15.0. The smallest absolute Gasteiger partial charge is 0.0642 e. The summed E-state index contributed by atoms with van der Waals surface area (Å²) in [6, 6.07) is 8.68. The van der Waals surface area contributed by atoms with Crippen LogP contribution < -0.4 is 5.32 Å². The second-order valence-electron chi connectivity index (χ2n) is 4.40. The third-order valence-corrected chi connectivity index (χ3v) is 3.00. The summed E-state index contributed by atoms with van der Waals surface area (Å²) in [6.45, 7) is 5.01. The molecular weight excluding hydrogens is 210 g/mol. The van der Waals surface area contributed by atoms with E-state index in [1.165, 1.54) is 5.56 Å². The molecule has 0 aliphatic heterocycles. The van der Waals surface area contributed by atoms with E-state index in [9.17, 15) is 0 Å². The van der Waals surface area contributed by atoms with E-state index in [4.69, 9.17) is 0 Å². The Morgan fingerprint density at radius 2 is 2.18 bits per heavy atom. The third-order valence-electron chi connectivity index (χ3n) is 3.00. The van der Waals surface area contributed by atoms with Gasteiger partial charge in [-0.2, -0.15) is 0 Å². The molecule has 1 N–H and O–H groups in total. The van der Waals surface area contributed by atoms with Crippen LogP contribution >= 0.6 is 0 Å². The lowest BCUT2D eigenvalue weighted by Crippen LogP contribution is -2.11. The van der Waals surface area contributed by atoms with E-state index in [0.717, 1.165) is 17.9 Å². The summed E-state index contributed by atoms with van der Waals surface area (Å²) >= 11 is 0. The minimum Gasteiger partial charge on any atom is -0.348 e. The highest BCUT2D eigenvalue weighted by Crippen LogP contribution is 2.12. The van der Waals surface area contributed by atoms with Crippen molar-refractivity contribution in [3.63, 3.8) is 0 Å². The van der Waals surface area contributed by atoms with Crippen LogP contribution in [0.1, 0.15) is 29.9 Å². The lowest BCUT2D eigenvalue weighted by Gasteiger charge is -2.07. The highest BCUT2D eigenvalue weighted by Gasteiger charge is 2.04. The molecule has 0 bridgehead atoms. The van der Waals surface area contributed by atoms with Crippen molar-refractivity contribution in [2.75, 3.05) is 7.05 Å². The van der Waals surface area contributed by atoms with Gasteiger partial charge in [-0.15, -0.1) is 0 Å². The van der Waals surface area contributed by atoms with Gasteiger partial charge in [-0.1, -0.05) is 6.07 Å². The summed E-state index contributed by atoms with van der Waals surface area (Å²) in [5.74, 6) is 0. The molecule has 0 aliphatic rings. The Morgan fingerprint density at radius 1 is 1.35 bits per heavy atom. The quantitative estimate of drug-likeness (QED) is 0.873. The van der Waals surface area contributed by atoms with Crippen molar-refractivity contribution in [3.05, 3.63) is 53.6 Å². The van der Waals surface area contributed by atoms with Crippen LogP contribution in [0.5, 0.6) is 0 Å². The first-order valence-corrected chi connectivity index (χ1v) is 5.94. The van der Waals surface area contributed by atoms with Gasteiger partial charge in [-0.25, -0.2) is 0 Å². The molecule has 0 aromatic carbocycles. The molecular formula is C14H19N3. The van der Waals surface area contributed by atoms with Crippen LogP contribution in [0.2, 0.25) is 0 Å². The maximum absolute atomic E-state index is 4.51. The van der Waals surface area contributed by atoms with Crippen LogP contribution in [0.3, 0.4) is 0 Å². The van der Waals surface area contributed by atoms with E-state index in [2.05, 4.69) is 52.4 Å². The molecule has 0 saturated heterocycles. The number of aryl methyl sites for hydroxylation is 1. The second-order valence-corrected chi connectivity index (χ2v) is 4.40. The van der Waals surface area contributed by atoms with Gasteiger partial charge in [0.05, 0.1) is 12.2 Å². The van der Waals surface area contributed by atoms with E-state index >= 15 is 0 Å². The van der Waals surface area contributed by atoms with Crippen LogP contribution in [-0.4, -0.2) is 16.6 Å². The van der Waals surface area contributed by atoms with E-state index in [1.54, 1.807) is 0 Å². The van der Waals surface area contributed by atoms with Crippen LogP contribution in [0.15, 0.2) is 36.7 Å². The Balaban J connectivity index is 2.11. The lowest BCUT2D eigenvalue weighted by molar-refractivity contribution is 0.648. The first-order chi connectivity index (χ1) is 8.19. The molecule has 0 saturated carbocycles. The third kappa shape index (κ3) is 2.94. The molecule has 2 aromatic heterocycles. The van der Waals surface area contributed by atoms with Crippen LogP contribution in [0, 0.1) is 6.92 Å². The van der Waals surface area contributed by atoms with Crippen molar-refractivity contribution < 1.29 is 0 Å². The molecule has 90 valence electrons. The molecule has 0 aliphatic carbocycles. The van der Waals surface area contributed by atoms with Gasteiger partial charge in [0.1, 0.15) is 0 Å². The fraction of sp³-hybridized carbons (Fsp3) is 0.357. The molecule has 3 heteroatoms. The van der Waals surface area contributed by atoms with Gasteiger partial charge in [-0.05, 0) is 44.7 Å². The molecule has 1 atom stereocenters. The standard InChI is InChI=1S/C14H19N3/c1-11-5-4-6-14(16-11)10-17-8-7-13(9-17)12(2)15-3/h4-9,12,15H,10H2,1-3H3. The maximum Gasteiger partial charge on any atom is 0.0642 e. The molecule has 2 aromatic rings. The molecule has 2 heterocycles. The number of nitrogens with one attached hydrogen (secondary N) is 1. The zero-order valence-corrected chi connectivity index (χ0v) is 10.6. The Bertz CT molecular complexity index is 488. The SMILES string of the molecule is CNC(C)c1ccn(Cc2cccc(C)n2)c1. The average molecular weight is 229 g/mol. The van der Waals surface area contributed by atoms with Gasteiger partial charge in [-0.3, -0.25) is 4.98 Å². The fourth-order valence-corrected chi connectivity index (χ4v) is 1.86. The van der Waals surface area contributed by atoms with Gasteiger partial charge < -0.3 is 9.88 Å². The molecule has 0 spiro atoms. The minimum absolute atomic E-state index is 0.390. The van der Waals surface area contributed by atoms with Crippen molar-refractivity contribution in [2.24, 2.45) is 0 Å². The zero-order chi connectivity index (χ0) is 12.3. The van der Waals surface area contributed by atoms with E-state index < -0.39 is 0 Å². The molecule has 1 unspecified atom stereocenters. The number of rotatable bonds is 4. The average Bonchev–Trinajstić information content (AvgIpc) is 2.76. The van der Waals surface area contributed by atoms with Crippen LogP contribution in [0.25, 0.3) is 0 Å². The van der Waals surface area contributed by atoms with Crippen LogP contribution in [0.4, 0.5) is 0 Å². The number of aromatic nitrogens is 2. The number of pyridine rings is 1. The van der Waals surface area contributed by atoms with Crippen molar-refractivity contribution >= 4 is 0 Å². The van der Waals surface area contributed by atoms with Crippen molar-refractivity contribution in [1.29, 1.82) is 0 Å². The molecule has 17 heavy (non-hydrogen) atoms. The molecule has 0 radical (unpaired) electrons. The zero-order valence-electron chi connectivity index (χ0n) is 10.6. The maximum atomic E-state index is 4.51. The van der Waals surface area contributed by atoms with Gasteiger partial charge in [0.2, 0.25) is 0 Å². The Kier molecular flexibility index (Phi) is 3.59. The Morgan fingerprint density at radius 3 is 2.88 bits per heavy atom. The predicted octanol–water partition coefficient (Wildman–Crippen LogP) is 2.52. The monoisotopic (exact) mass is 229 g/mol. The largest absolute Gasteiger partial charge is 0.348 e. The fourth-order valence-electron chi connectivity index (χ4n) is 1.86. The van der Waals surface area contributed by atoms with E-state index in [1.807, 2.05) is 20.0 Å². The lowest BCUT2D eigenvalue weighted by atomic mass is 10.2. The Hall–Kier alpha value is -1.61. The Labute approximate surface area is 103 Å².